The van der Waals surface area contributed by atoms with Crippen molar-refractivity contribution in [2.24, 2.45) is 0 Å². The molecule has 0 fully saturated rings. The SMILES string of the molecule is CCC(C)NS(=O)(=O)c1ccc(NC(=O)CSc2nc3ccccc3s2)cc1. The van der Waals surface area contributed by atoms with Crippen LogP contribution in [0.25, 0.3) is 10.2 Å². The van der Waals surface area contributed by atoms with Gasteiger partial charge >= 0.3 is 0 Å². The van der Waals surface area contributed by atoms with E-state index in [2.05, 4.69) is 15.0 Å². The van der Waals surface area contributed by atoms with Crippen molar-refractivity contribution >= 4 is 54.9 Å². The third-order valence-electron chi connectivity index (χ3n) is 4.02. The first-order valence-electron chi connectivity index (χ1n) is 8.78. The van der Waals surface area contributed by atoms with Crippen molar-refractivity contribution in [3.05, 3.63) is 48.5 Å². The molecule has 6 nitrogen and oxygen atoms in total. The van der Waals surface area contributed by atoms with E-state index in [4.69, 9.17) is 0 Å². The molecule has 3 aromatic rings. The Labute approximate surface area is 172 Å². The predicted octanol–water partition coefficient (Wildman–Crippen LogP) is 4.10. The fourth-order valence-electron chi connectivity index (χ4n) is 2.37. The van der Waals surface area contributed by atoms with Gasteiger partial charge in [-0.05, 0) is 49.7 Å². The van der Waals surface area contributed by atoms with Crippen molar-refractivity contribution in [1.29, 1.82) is 0 Å². The highest BCUT2D eigenvalue weighted by Gasteiger charge is 2.16. The maximum absolute atomic E-state index is 12.3. The minimum atomic E-state index is -3.55. The molecule has 1 heterocycles. The molecular weight excluding hydrogens is 414 g/mol. The number of para-hydroxylation sites is 1. The largest absolute Gasteiger partial charge is 0.325 e. The number of amides is 1. The normalized spacial score (nSPS) is 12.8. The zero-order chi connectivity index (χ0) is 20.1. The number of nitrogens with one attached hydrogen (secondary N) is 2. The summed E-state index contributed by atoms with van der Waals surface area (Å²) in [5.74, 6) is 0.0627. The average Bonchev–Trinajstić information content (AvgIpc) is 3.09. The lowest BCUT2D eigenvalue weighted by molar-refractivity contribution is -0.113. The van der Waals surface area contributed by atoms with Crippen LogP contribution in [0.4, 0.5) is 5.69 Å². The number of rotatable bonds is 8. The smallest absolute Gasteiger partial charge is 0.240 e. The molecule has 1 aromatic heterocycles. The van der Waals surface area contributed by atoms with Crippen molar-refractivity contribution in [3.8, 4) is 0 Å². The minimum absolute atomic E-state index is 0.135. The summed E-state index contributed by atoms with van der Waals surface area (Å²) in [6, 6.07) is 13.9. The molecule has 0 saturated heterocycles. The molecule has 0 aliphatic heterocycles. The molecule has 28 heavy (non-hydrogen) atoms. The Kier molecular flexibility index (Phi) is 6.71. The molecule has 0 spiro atoms. The van der Waals surface area contributed by atoms with Gasteiger partial charge in [0.2, 0.25) is 15.9 Å². The highest BCUT2D eigenvalue weighted by molar-refractivity contribution is 8.01. The first-order valence-corrected chi connectivity index (χ1v) is 12.1. The van der Waals surface area contributed by atoms with E-state index >= 15 is 0 Å². The van der Waals surface area contributed by atoms with Crippen LogP contribution in [0.15, 0.2) is 57.8 Å². The molecule has 1 atom stereocenters. The Morgan fingerprint density at radius 1 is 1.18 bits per heavy atom. The highest BCUT2D eigenvalue weighted by atomic mass is 32.2. The second-order valence-corrected chi connectivity index (χ2v) is 10.2. The molecule has 2 aromatic carbocycles. The van der Waals surface area contributed by atoms with Gasteiger partial charge < -0.3 is 5.32 Å². The van der Waals surface area contributed by atoms with Gasteiger partial charge in [0.25, 0.3) is 0 Å². The molecule has 0 radical (unpaired) electrons. The van der Waals surface area contributed by atoms with Gasteiger partial charge in [-0.25, -0.2) is 18.1 Å². The summed E-state index contributed by atoms with van der Waals surface area (Å²) in [6.07, 6.45) is 0.708. The number of thioether (sulfide) groups is 1. The standard InChI is InChI=1S/C19H21N3O3S3/c1-3-13(2)22-28(24,25)15-10-8-14(9-11-15)20-18(23)12-26-19-21-16-6-4-5-7-17(16)27-19/h4-11,13,22H,3,12H2,1-2H3,(H,20,23). The van der Waals surface area contributed by atoms with E-state index < -0.39 is 10.0 Å². The fourth-order valence-corrected chi connectivity index (χ4v) is 5.57. The van der Waals surface area contributed by atoms with Gasteiger partial charge in [0.1, 0.15) is 0 Å². The number of fused-ring (bicyclic) bond motifs is 1. The predicted molar refractivity (Wildman–Crippen MR) is 115 cm³/mol. The van der Waals surface area contributed by atoms with Crippen molar-refractivity contribution in [3.63, 3.8) is 0 Å². The molecule has 0 aliphatic carbocycles. The number of nitrogens with zero attached hydrogens (tertiary/aromatic N) is 1. The van der Waals surface area contributed by atoms with Crippen molar-refractivity contribution in [2.45, 2.75) is 35.5 Å². The first kappa shape index (κ1) is 20.8. The molecule has 0 bridgehead atoms. The summed E-state index contributed by atoms with van der Waals surface area (Å²) in [7, 11) is -3.55. The summed E-state index contributed by atoms with van der Waals surface area (Å²) < 4.78 is 29.1. The third-order valence-corrected chi connectivity index (χ3v) is 7.80. The van der Waals surface area contributed by atoms with Crippen molar-refractivity contribution < 1.29 is 13.2 Å². The van der Waals surface area contributed by atoms with Crippen LogP contribution in [0.3, 0.4) is 0 Å². The van der Waals surface area contributed by atoms with Gasteiger partial charge in [-0.1, -0.05) is 30.8 Å². The number of anilines is 1. The van der Waals surface area contributed by atoms with Crippen molar-refractivity contribution in [1.82, 2.24) is 9.71 Å². The number of carbonyl (C=O) groups is 1. The van der Waals surface area contributed by atoms with Crippen LogP contribution in [0.1, 0.15) is 20.3 Å². The van der Waals surface area contributed by atoms with E-state index in [-0.39, 0.29) is 22.6 Å². The van der Waals surface area contributed by atoms with E-state index in [1.807, 2.05) is 38.1 Å². The molecule has 9 heteroatoms. The first-order chi connectivity index (χ1) is 13.4. The summed E-state index contributed by atoms with van der Waals surface area (Å²) in [4.78, 5) is 16.8. The lowest BCUT2D eigenvalue weighted by Gasteiger charge is -2.12. The van der Waals surface area contributed by atoms with Gasteiger partial charge in [0.05, 0.1) is 20.9 Å². The number of thiazole rings is 1. The Bertz CT molecular complexity index is 1030. The lowest BCUT2D eigenvalue weighted by Crippen LogP contribution is -2.31. The molecule has 148 valence electrons. The number of carbonyl (C=O) groups excluding carboxylic acids is 1. The molecule has 3 rings (SSSR count). The van der Waals surface area contributed by atoms with Gasteiger partial charge in [-0.15, -0.1) is 11.3 Å². The number of benzene rings is 2. The monoisotopic (exact) mass is 435 g/mol. The average molecular weight is 436 g/mol. The zero-order valence-electron chi connectivity index (χ0n) is 15.5. The summed E-state index contributed by atoms with van der Waals surface area (Å²) >= 11 is 2.93. The minimum Gasteiger partial charge on any atom is -0.325 e. The van der Waals surface area contributed by atoms with Gasteiger partial charge in [-0.3, -0.25) is 4.79 Å². The lowest BCUT2D eigenvalue weighted by atomic mass is 10.3. The van der Waals surface area contributed by atoms with Crippen LogP contribution in [0.2, 0.25) is 0 Å². The van der Waals surface area contributed by atoms with Crippen LogP contribution in [-0.2, 0) is 14.8 Å². The third kappa shape index (κ3) is 5.32. The van der Waals surface area contributed by atoms with E-state index in [0.717, 1.165) is 14.6 Å². The summed E-state index contributed by atoms with van der Waals surface area (Å²) in [6.45, 7) is 3.73. The molecular formula is C19H21N3O3S3. The van der Waals surface area contributed by atoms with Gasteiger partial charge in [0.15, 0.2) is 4.34 Å². The Morgan fingerprint density at radius 3 is 2.57 bits per heavy atom. The van der Waals surface area contributed by atoms with E-state index in [1.165, 1.54) is 23.9 Å². The van der Waals surface area contributed by atoms with E-state index in [1.54, 1.807) is 23.5 Å². The molecule has 2 N–H and O–H groups in total. The van der Waals surface area contributed by atoms with E-state index in [9.17, 15) is 13.2 Å². The highest BCUT2D eigenvalue weighted by Crippen LogP contribution is 2.29. The van der Waals surface area contributed by atoms with Crippen LogP contribution < -0.4 is 10.0 Å². The Hall–Kier alpha value is -1.94. The van der Waals surface area contributed by atoms with Crippen LogP contribution in [0, 0.1) is 0 Å². The van der Waals surface area contributed by atoms with Crippen molar-refractivity contribution in [2.75, 3.05) is 11.1 Å². The van der Waals surface area contributed by atoms with Crippen LogP contribution in [-0.4, -0.2) is 31.1 Å². The second-order valence-electron chi connectivity index (χ2n) is 6.24. The topological polar surface area (TPSA) is 88.2 Å². The fraction of sp³-hybridized carbons (Fsp3) is 0.263. The quantitative estimate of drug-likeness (QED) is 0.520. The number of aromatic nitrogens is 1. The molecule has 0 saturated carbocycles. The number of hydrogen-bond donors (Lipinski definition) is 2. The molecule has 1 unspecified atom stereocenters. The number of hydrogen-bond acceptors (Lipinski definition) is 6. The Morgan fingerprint density at radius 2 is 1.89 bits per heavy atom. The zero-order valence-corrected chi connectivity index (χ0v) is 18.0. The number of sulfonamides is 1. The summed E-state index contributed by atoms with van der Waals surface area (Å²) in [5.41, 5.74) is 1.48. The summed E-state index contributed by atoms with van der Waals surface area (Å²) in [5, 5.41) is 2.78. The van der Waals surface area contributed by atoms with Gasteiger partial charge in [-0.2, -0.15) is 0 Å². The van der Waals surface area contributed by atoms with Gasteiger partial charge in [0, 0.05) is 11.7 Å². The molecule has 1 amide bonds. The van der Waals surface area contributed by atoms with Crippen LogP contribution >= 0.6 is 23.1 Å². The molecule has 0 aliphatic rings. The van der Waals surface area contributed by atoms with Crippen LogP contribution in [0.5, 0.6) is 0 Å². The maximum atomic E-state index is 12.3. The van der Waals surface area contributed by atoms with E-state index in [0.29, 0.717) is 12.1 Å². The maximum Gasteiger partial charge on any atom is 0.240 e. The second kappa shape index (κ2) is 9.04. The Balaban J connectivity index is 1.56.